The molecule has 0 saturated carbocycles. The van der Waals surface area contributed by atoms with Crippen LogP contribution >= 0.6 is 0 Å². The quantitative estimate of drug-likeness (QED) is 0.558. The number of hydrogen-bond acceptors (Lipinski definition) is 0. The average Bonchev–Trinajstić information content (AvgIpc) is 2.36. The topological polar surface area (TPSA) is 0 Å². The predicted octanol–water partition coefficient (Wildman–Crippen LogP) is 4.34. The van der Waals surface area contributed by atoms with Crippen molar-refractivity contribution < 1.29 is 0 Å². The highest BCUT2D eigenvalue weighted by molar-refractivity contribution is 5.56. The van der Waals surface area contributed by atoms with Crippen LogP contribution in [0.25, 0.3) is 0 Å². The fraction of sp³-hybridized carbons (Fsp3) is 0.375. The van der Waals surface area contributed by atoms with Gasteiger partial charge in [0.2, 0.25) is 0 Å². The lowest BCUT2D eigenvalue weighted by Crippen LogP contribution is -2.23. The number of fused-ring (bicyclic) bond motifs is 1. The molecule has 3 aliphatic carbocycles. The zero-order valence-electron chi connectivity index (χ0n) is 10.0. The van der Waals surface area contributed by atoms with Gasteiger partial charge in [-0.25, -0.2) is 0 Å². The van der Waals surface area contributed by atoms with Gasteiger partial charge in [-0.2, -0.15) is 0 Å². The summed E-state index contributed by atoms with van der Waals surface area (Å²) in [4.78, 5) is 0. The molecule has 16 heavy (non-hydrogen) atoms. The maximum Gasteiger partial charge on any atom is 0.00871 e. The molecule has 82 valence electrons. The molecule has 0 bridgehead atoms. The van der Waals surface area contributed by atoms with Gasteiger partial charge in [-0.3, -0.25) is 0 Å². The Balaban J connectivity index is 2.17. The van der Waals surface area contributed by atoms with Gasteiger partial charge < -0.3 is 0 Å². The minimum absolute atomic E-state index is 0.621. The number of hydrogen-bond donors (Lipinski definition) is 0. The van der Waals surface area contributed by atoms with E-state index >= 15 is 0 Å². The molecule has 0 amide bonds. The molecule has 0 N–H and O–H groups in total. The van der Waals surface area contributed by atoms with Crippen molar-refractivity contribution in [2.75, 3.05) is 0 Å². The van der Waals surface area contributed by atoms with Gasteiger partial charge >= 0.3 is 0 Å². The van der Waals surface area contributed by atoms with E-state index in [4.69, 9.17) is 0 Å². The Morgan fingerprint density at radius 3 is 2.94 bits per heavy atom. The highest BCUT2D eigenvalue weighted by Gasteiger charge is 2.30. The first-order chi connectivity index (χ1) is 7.79. The van der Waals surface area contributed by atoms with Gasteiger partial charge in [0.1, 0.15) is 0 Å². The summed E-state index contributed by atoms with van der Waals surface area (Å²) < 4.78 is 0. The largest absolute Gasteiger partial charge is 0.0836 e. The molecule has 2 unspecified atom stereocenters. The summed E-state index contributed by atoms with van der Waals surface area (Å²) in [6, 6.07) is 0. The van der Waals surface area contributed by atoms with Crippen molar-refractivity contribution >= 4 is 0 Å². The van der Waals surface area contributed by atoms with E-state index in [1.165, 1.54) is 29.6 Å². The van der Waals surface area contributed by atoms with Crippen LogP contribution in [-0.2, 0) is 0 Å². The molecule has 0 heteroatoms. The van der Waals surface area contributed by atoms with E-state index in [0.717, 1.165) is 0 Å². The second-order valence-corrected chi connectivity index (χ2v) is 5.02. The van der Waals surface area contributed by atoms with Crippen LogP contribution in [0.5, 0.6) is 0 Å². The van der Waals surface area contributed by atoms with Crippen LogP contribution in [0.15, 0.2) is 58.7 Å². The normalized spacial score (nSPS) is 31.9. The van der Waals surface area contributed by atoms with E-state index in [1.807, 2.05) is 0 Å². The molecular weight excluding hydrogens is 192 g/mol. The summed E-state index contributed by atoms with van der Waals surface area (Å²) in [5, 5.41) is 0. The molecule has 2 atom stereocenters. The van der Waals surface area contributed by atoms with Crippen molar-refractivity contribution in [1.29, 1.82) is 0 Å². The maximum absolute atomic E-state index is 2.38. The van der Waals surface area contributed by atoms with Crippen LogP contribution in [0, 0.1) is 11.8 Å². The molecule has 3 rings (SSSR count). The Labute approximate surface area is 97.7 Å². The summed E-state index contributed by atoms with van der Waals surface area (Å²) >= 11 is 0. The fourth-order valence-electron chi connectivity index (χ4n) is 3.26. The molecule has 0 fully saturated rings. The van der Waals surface area contributed by atoms with Crippen LogP contribution in [0.1, 0.15) is 26.7 Å². The highest BCUT2D eigenvalue weighted by atomic mass is 14.3. The first-order valence-electron chi connectivity index (χ1n) is 6.24. The number of rotatable bonds is 0. The molecule has 0 aromatic rings. The predicted molar refractivity (Wildman–Crippen MR) is 69.0 cm³/mol. The zero-order valence-corrected chi connectivity index (χ0v) is 10.0. The molecule has 0 radical (unpaired) electrons. The Morgan fingerprint density at radius 2 is 2.06 bits per heavy atom. The first kappa shape index (κ1) is 9.89. The summed E-state index contributed by atoms with van der Waals surface area (Å²) in [5.74, 6) is 1.30. The number of allylic oxidation sites excluding steroid dienone is 10. The van der Waals surface area contributed by atoms with E-state index in [1.54, 1.807) is 5.57 Å². The minimum atomic E-state index is 0.621. The van der Waals surface area contributed by atoms with Crippen LogP contribution in [0.2, 0.25) is 0 Å². The smallest absolute Gasteiger partial charge is 0.00871 e. The monoisotopic (exact) mass is 210 g/mol. The highest BCUT2D eigenvalue weighted by Crippen LogP contribution is 2.44. The van der Waals surface area contributed by atoms with Crippen LogP contribution < -0.4 is 0 Å². The third-order valence-corrected chi connectivity index (χ3v) is 4.20. The maximum atomic E-state index is 2.38. The molecule has 0 aromatic heterocycles. The van der Waals surface area contributed by atoms with Crippen molar-refractivity contribution in [3.05, 3.63) is 58.7 Å². The summed E-state index contributed by atoms with van der Waals surface area (Å²) in [5.41, 5.74) is 6.22. The fourth-order valence-corrected chi connectivity index (χ4v) is 3.26. The van der Waals surface area contributed by atoms with Gasteiger partial charge in [0, 0.05) is 5.92 Å². The third-order valence-electron chi connectivity index (χ3n) is 4.20. The van der Waals surface area contributed by atoms with Gasteiger partial charge in [0.05, 0.1) is 0 Å². The molecule has 0 aliphatic heterocycles. The SMILES string of the molecule is CC1=C2C=CC=CC2C(C)C2=C1C=CCC2. The first-order valence-corrected chi connectivity index (χ1v) is 6.24. The lowest BCUT2D eigenvalue weighted by Gasteiger charge is -2.35. The van der Waals surface area contributed by atoms with E-state index in [9.17, 15) is 0 Å². The summed E-state index contributed by atoms with van der Waals surface area (Å²) in [7, 11) is 0. The second kappa shape index (κ2) is 3.62. The molecule has 0 nitrogen and oxygen atoms in total. The summed E-state index contributed by atoms with van der Waals surface area (Å²) in [6.07, 6.45) is 16.2. The average molecular weight is 210 g/mol. The van der Waals surface area contributed by atoms with E-state index in [2.05, 4.69) is 50.3 Å². The lowest BCUT2D eigenvalue weighted by molar-refractivity contribution is 0.519. The molecular formula is C16H18. The standard InChI is InChI=1S/C16H18/c1-11-13-7-3-5-9-15(13)12(2)16-10-6-4-8-14(11)16/h3-5,7-9,12,15H,6,10H2,1-2H3. The molecule has 0 saturated heterocycles. The van der Waals surface area contributed by atoms with Crippen molar-refractivity contribution in [2.24, 2.45) is 11.8 Å². The Bertz CT molecular complexity index is 466. The van der Waals surface area contributed by atoms with Gasteiger partial charge in [-0.1, -0.05) is 49.0 Å². The van der Waals surface area contributed by atoms with Crippen LogP contribution in [0.3, 0.4) is 0 Å². The third kappa shape index (κ3) is 1.29. The molecule has 0 heterocycles. The van der Waals surface area contributed by atoms with E-state index in [-0.39, 0.29) is 0 Å². The van der Waals surface area contributed by atoms with Gasteiger partial charge in [0.15, 0.2) is 0 Å². The van der Waals surface area contributed by atoms with Crippen LogP contribution in [0.4, 0.5) is 0 Å². The van der Waals surface area contributed by atoms with Gasteiger partial charge in [-0.15, -0.1) is 0 Å². The molecule has 0 aromatic carbocycles. The van der Waals surface area contributed by atoms with Crippen molar-refractivity contribution in [3.63, 3.8) is 0 Å². The second-order valence-electron chi connectivity index (χ2n) is 5.02. The van der Waals surface area contributed by atoms with Crippen molar-refractivity contribution in [2.45, 2.75) is 26.7 Å². The minimum Gasteiger partial charge on any atom is -0.0836 e. The van der Waals surface area contributed by atoms with Gasteiger partial charge in [-0.05, 0) is 42.4 Å². The van der Waals surface area contributed by atoms with Crippen LogP contribution in [-0.4, -0.2) is 0 Å². The zero-order chi connectivity index (χ0) is 11.1. The summed E-state index contributed by atoms with van der Waals surface area (Å²) in [6.45, 7) is 4.66. The van der Waals surface area contributed by atoms with Gasteiger partial charge in [0.25, 0.3) is 0 Å². The Kier molecular flexibility index (Phi) is 2.24. The van der Waals surface area contributed by atoms with Crippen molar-refractivity contribution in [1.82, 2.24) is 0 Å². The Morgan fingerprint density at radius 1 is 1.19 bits per heavy atom. The Hall–Kier alpha value is -1.30. The van der Waals surface area contributed by atoms with E-state index in [0.29, 0.717) is 11.8 Å². The molecule has 3 aliphatic rings. The lowest BCUT2D eigenvalue weighted by atomic mass is 9.69. The molecule has 0 spiro atoms. The van der Waals surface area contributed by atoms with Crippen molar-refractivity contribution in [3.8, 4) is 0 Å². The van der Waals surface area contributed by atoms with E-state index < -0.39 is 0 Å².